The van der Waals surface area contributed by atoms with E-state index in [-0.39, 0.29) is 11.7 Å². The maximum absolute atomic E-state index is 13.7. The first kappa shape index (κ1) is 23.8. The molecule has 5 rings (SSSR count). The number of hydrogen-bond acceptors (Lipinski definition) is 2. The molecular weight excluding hydrogens is 459 g/mol. The first-order valence-electron chi connectivity index (χ1n) is 12.4. The number of benzene rings is 3. The van der Waals surface area contributed by atoms with Gasteiger partial charge in [-0.3, -0.25) is 0 Å². The van der Waals surface area contributed by atoms with Gasteiger partial charge in [0, 0.05) is 36.7 Å². The Morgan fingerprint density at radius 1 is 0.914 bits per heavy atom. The predicted molar refractivity (Wildman–Crippen MR) is 139 cm³/mol. The van der Waals surface area contributed by atoms with E-state index in [9.17, 15) is 12.8 Å². The second-order valence-corrected chi connectivity index (χ2v) is 11.4. The van der Waals surface area contributed by atoms with Gasteiger partial charge in [-0.15, -0.1) is 0 Å². The fourth-order valence-electron chi connectivity index (χ4n) is 5.24. The summed E-state index contributed by atoms with van der Waals surface area (Å²) >= 11 is 0. The lowest BCUT2D eigenvalue weighted by atomic mass is 9.90. The first-order chi connectivity index (χ1) is 17.0. The quantitative estimate of drug-likeness (QED) is 0.303. The van der Waals surface area contributed by atoms with Crippen LogP contribution in [0.5, 0.6) is 0 Å². The van der Waals surface area contributed by atoms with Crippen molar-refractivity contribution in [2.75, 3.05) is 13.1 Å². The molecule has 1 saturated heterocycles. The standard InChI is InChI=1S/C29H31FN2O2S/c1-2-6-22-11-13-26(14-12-22)35(33,34)32-17-15-24(16-18-32)28-21-31(29-10-4-3-9-27(28)29)20-23-7-5-8-25(30)19-23/h3-5,7-14,19,21,24H,2,6,15-18,20H2,1H3. The molecule has 1 aromatic heterocycles. The fraction of sp³-hybridized carbons (Fsp3) is 0.310. The van der Waals surface area contributed by atoms with Crippen molar-refractivity contribution >= 4 is 20.9 Å². The van der Waals surface area contributed by atoms with E-state index in [1.807, 2.05) is 30.3 Å². The SMILES string of the molecule is CCCc1ccc(S(=O)(=O)N2CCC(c3cn(Cc4cccc(F)c4)c4ccccc34)CC2)cc1. The van der Waals surface area contributed by atoms with Crippen LogP contribution >= 0.6 is 0 Å². The molecule has 0 saturated carbocycles. The summed E-state index contributed by atoms with van der Waals surface area (Å²) in [7, 11) is -3.49. The Bertz CT molecular complexity index is 1420. The lowest BCUT2D eigenvalue weighted by Crippen LogP contribution is -2.37. The molecule has 4 nitrogen and oxygen atoms in total. The van der Waals surface area contributed by atoms with E-state index < -0.39 is 10.0 Å². The molecule has 2 heterocycles. The van der Waals surface area contributed by atoms with Gasteiger partial charge < -0.3 is 4.57 Å². The average Bonchev–Trinajstić information content (AvgIpc) is 3.23. The Morgan fingerprint density at radius 3 is 2.37 bits per heavy atom. The highest BCUT2D eigenvalue weighted by Crippen LogP contribution is 2.36. The molecule has 0 bridgehead atoms. The summed E-state index contributed by atoms with van der Waals surface area (Å²) in [6.07, 6.45) is 5.73. The summed E-state index contributed by atoms with van der Waals surface area (Å²) in [5.41, 5.74) is 4.45. The molecule has 0 aliphatic carbocycles. The number of piperidine rings is 1. The second-order valence-electron chi connectivity index (χ2n) is 9.43. The molecular formula is C29H31FN2O2S. The molecule has 0 spiro atoms. The molecule has 182 valence electrons. The fourth-order valence-corrected chi connectivity index (χ4v) is 6.71. The molecule has 0 radical (unpaired) electrons. The normalized spacial score (nSPS) is 15.6. The van der Waals surface area contributed by atoms with Crippen LogP contribution in [0.25, 0.3) is 10.9 Å². The highest BCUT2D eigenvalue weighted by Gasteiger charge is 2.31. The summed E-state index contributed by atoms with van der Waals surface area (Å²) in [5, 5.41) is 1.19. The van der Waals surface area contributed by atoms with Crippen molar-refractivity contribution in [3.8, 4) is 0 Å². The van der Waals surface area contributed by atoms with Crippen molar-refractivity contribution in [2.45, 2.75) is 50.0 Å². The topological polar surface area (TPSA) is 42.3 Å². The van der Waals surface area contributed by atoms with Crippen LogP contribution in [0.3, 0.4) is 0 Å². The van der Waals surface area contributed by atoms with Crippen LogP contribution in [0.4, 0.5) is 4.39 Å². The highest BCUT2D eigenvalue weighted by atomic mass is 32.2. The summed E-state index contributed by atoms with van der Waals surface area (Å²) in [6.45, 7) is 3.73. The van der Waals surface area contributed by atoms with Gasteiger partial charge >= 0.3 is 0 Å². The molecule has 1 aliphatic rings. The minimum atomic E-state index is -3.49. The molecule has 0 amide bonds. The van der Waals surface area contributed by atoms with Gasteiger partial charge in [-0.2, -0.15) is 4.31 Å². The second kappa shape index (κ2) is 9.96. The molecule has 1 fully saturated rings. The molecule has 35 heavy (non-hydrogen) atoms. The zero-order valence-electron chi connectivity index (χ0n) is 20.0. The minimum Gasteiger partial charge on any atom is -0.343 e. The van der Waals surface area contributed by atoms with E-state index in [1.165, 1.54) is 22.6 Å². The van der Waals surface area contributed by atoms with Gasteiger partial charge in [0.05, 0.1) is 4.90 Å². The van der Waals surface area contributed by atoms with Crippen molar-refractivity contribution in [1.29, 1.82) is 0 Å². The Hall–Kier alpha value is -2.96. The minimum absolute atomic E-state index is 0.229. The van der Waals surface area contributed by atoms with Crippen LogP contribution in [0.15, 0.2) is 83.9 Å². The van der Waals surface area contributed by atoms with Crippen molar-refractivity contribution in [3.05, 3.63) is 102 Å². The third kappa shape index (κ3) is 4.91. The van der Waals surface area contributed by atoms with E-state index in [2.05, 4.69) is 29.8 Å². The lowest BCUT2D eigenvalue weighted by Gasteiger charge is -2.31. The summed E-state index contributed by atoms with van der Waals surface area (Å²) in [4.78, 5) is 0.377. The Morgan fingerprint density at radius 2 is 1.66 bits per heavy atom. The highest BCUT2D eigenvalue weighted by molar-refractivity contribution is 7.89. The number of nitrogens with zero attached hydrogens (tertiary/aromatic N) is 2. The van der Waals surface area contributed by atoms with Crippen molar-refractivity contribution in [1.82, 2.24) is 8.87 Å². The number of halogens is 1. The number of para-hydroxylation sites is 1. The summed E-state index contributed by atoms with van der Waals surface area (Å²) < 4.78 is 44.0. The number of hydrogen-bond donors (Lipinski definition) is 0. The van der Waals surface area contributed by atoms with Gasteiger partial charge in [-0.1, -0.05) is 55.8 Å². The van der Waals surface area contributed by atoms with E-state index in [0.29, 0.717) is 24.5 Å². The van der Waals surface area contributed by atoms with Gasteiger partial charge in [0.15, 0.2) is 0 Å². The van der Waals surface area contributed by atoms with Crippen molar-refractivity contribution in [2.24, 2.45) is 0 Å². The summed E-state index contributed by atoms with van der Waals surface area (Å²) in [6, 6.07) is 22.4. The Balaban J connectivity index is 1.34. The van der Waals surface area contributed by atoms with Gasteiger partial charge in [0.1, 0.15) is 5.82 Å². The number of rotatable bonds is 7. The molecule has 1 aliphatic heterocycles. The monoisotopic (exact) mass is 490 g/mol. The first-order valence-corrected chi connectivity index (χ1v) is 13.8. The van der Waals surface area contributed by atoms with Crippen molar-refractivity contribution < 1.29 is 12.8 Å². The Kier molecular flexibility index (Phi) is 6.76. The van der Waals surface area contributed by atoms with Gasteiger partial charge in [0.25, 0.3) is 0 Å². The largest absolute Gasteiger partial charge is 0.343 e. The average molecular weight is 491 g/mol. The van der Waals surface area contributed by atoms with Crippen LogP contribution in [0, 0.1) is 5.82 Å². The number of aryl methyl sites for hydroxylation is 1. The van der Waals surface area contributed by atoms with Crippen LogP contribution in [0.2, 0.25) is 0 Å². The third-order valence-corrected chi connectivity index (χ3v) is 8.97. The van der Waals surface area contributed by atoms with E-state index in [4.69, 9.17) is 0 Å². The molecule has 0 atom stereocenters. The van der Waals surface area contributed by atoms with E-state index in [0.717, 1.165) is 36.8 Å². The lowest BCUT2D eigenvalue weighted by molar-refractivity contribution is 0.320. The molecule has 4 aromatic rings. The third-order valence-electron chi connectivity index (χ3n) is 7.05. The van der Waals surface area contributed by atoms with E-state index >= 15 is 0 Å². The van der Waals surface area contributed by atoms with Gasteiger partial charge in [-0.25, -0.2) is 12.8 Å². The number of fused-ring (bicyclic) bond motifs is 1. The maximum Gasteiger partial charge on any atom is 0.243 e. The predicted octanol–water partition coefficient (Wildman–Crippen LogP) is 6.35. The van der Waals surface area contributed by atoms with Gasteiger partial charge in [0.2, 0.25) is 10.0 Å². The molecule has 0 unspecified atom stereocenters. The van der Waals surface area contributed by atoms with Crippen LogP contribution in [0.1, 0.15) is 48.8 Å². The molecule has 6 heteroatoms. The number of sulfonamides is 1. The smallest absolute Gasteiger partial charge is 0.243 e. The molecule has 0 N–H and O–H groups in total. The van der Waals surface area contributed by atoms with Crippen LogP contribution < -0.4 is 0 Å². The van der Waals surface area contributed by atoms with Crippen molar-refractivity contribution in [3.63, 3.8) is 0 Å². The van der Waals surface area contributed by atoms with Crippen LogP contribution in [-0.2, 0) is 23.0 Å². The van der Waals surface area contributed by atoms with Crippen LogP contribution in [-0.4, -0.2) is 30.4 Å². The summed E-state index contributed by atoms with van der Waals surface area (Å²) in [5.74, 6) is 0.0554. The Labute approximate surface area is 207 Å². The maximum atomic E-state index is 13.7. The van der Waals surface area contributed by atoms with E-state index in [1.54, 1.807) is 28.6 Å². The zero-order valence-corrected chi connectivity index (χ0v) is 20.8. The zero-order chi connectivity index (χ0) is 24.4. The number of aromatic nitrogens is 1. The molecule has 3 aromatic carbocycles. The van der Waals surface area contributed by atoms with Gasteiger partial charge in [-0.05, 0) is 72.2 Å².